The number of pyridine rings is 1. The molecule has 0 fully saturated rings. The number of unbranched alkanes of at least 4 members (excludes halogenated alkanes) is 2. The standard InChI is InChI=1S/C34H38FN5O7S/c1-23-13-16-28(35)29(19-23)39-34(44)38-27-10-8-9-24(20-27)14-15-25-21-26(22-37-32(25)36)33(43)40-48(45,17-6-4-11-30(41)46-2)18-7-5-12-31(42)47-3/h8-10,13,16,19-22H,4-7,11-12,17-18H2,1-3H3,(H2,36,37)(H2,38,39,44). The van der Waals surface area contributed by atoms with Gasteiger partial charge in [0.15, 0.2) is 0 Å². The number of ether oxygens (including phenoxy) is 2. The Morgan fingerprint density at radius 2 is 1.58 bits per heavy atom. The molecular formula is C34H38FN5O7S. The Hall–Kier alpha value is -5.29. The fourth-order valence-corrected chi connectivity index (χ4v) is 6.43. The molecule has 0 aliphatic heterocycles. The van der Waals surface area contributed by atoms with Crippen LogP contribution in [0, 0.1) is 24.6 Å². The average molecular weight is 680 g/mol. The number of nitrogen functional groups attached to an aromatic ring is 1. The second-order valence-electron chi connectivity index (χ2n) is 10.7. The number of nitrogens with zero attached hydrogens (tertiary/aromatic N) is 2. The van der Waals surface area contributed by atoms with E-state index in [0.29, 0.717) is 36.9 Å². The normalized spacial score (nSPS) is 10.7. The van der Waals surface area contributed by atoms with E-state index in [0.717, 1.165) is 5.56 Å². The van der Waals surface area contributed by atoms with E-state index in [1.165, 1.54) is 38.6 Å². The van der Waals surface area contributed by atoms with Crippen molar-refractivity contribution in [1.29, 1.82) is 0 Å². The Balaban J connectivity index is 1.76. The number of benzene rings is 2. The van der Waals surface area contributed by atoms with E-state index in [2.05, 4.69) is 41.3 Å². The number of hydrogen-bond donors (Lipinski definition) is 3. The van der Waals surface area contributed by atoms with Gasteiger partial charge in [-0.2, -0.15) is 4.36 Å². The number of nitrogens with two attached hydrogens (primary N) is 1. The summed E-state index contributed by atoms with van der Waals surface area (Å²) in [6.45, 7) is 1.78. The molecule has 254 valence electrons. The van der Waals surface area contributed by atoms with Gasteiger partial charge in [-0.05, 0) is 74.6 Å². The molecule has 0 atom stereocenters. The van der Waals surface area contributed by atoms with Gasteiger partial charge < -0.3 is 25.8 Å². The Kier molecular flexibility index (Phi) is 14.1. The van der Waals surface area contributed by atoms with Crippen LogP contribution in [-0.4, -0.2) is 58.8 Å². The lowest BCUT2D eigenvalue weighted by Gasteiger charge is -2.10. The molecule has 0 saturated carbocycles. The first-order chi connectivity index (χ1) is 22.9. The van der Waals surface area contributed by atoms with Crippen LogP contribution in [-0.2, 0) is 28.8 Å². The summed E-state index contributed by atoms with van der Waals surface area (Å²) >= 11 is 0. The molecule has 1 aromatic heterocycles. The number of esters is 2. The maximum absolute atomic E-state index is 14.0. The molecule has 0 spiro atoms. The van der Waals surface area contributed by atoms with Crippen molar-refractivity contribution in [3.63, 3.8) is 0 Å². The van der Waals surface area contributed by atoms with Gasteiger partial charge in [-0.1, -0.05) is 24.0 Å². The van der Waals surface area contributed by atoms with Crippen molar-refractivity contribution in [1.82, 2.24) is 4.98 Å². The van der Waals surface area contributed by atoms with Crippen molar-refractivity contribution in [2.24, 2.45) is 4.36 Å². The van der Waals surface area contributed by atoms with E-state index in [1.54, 1.807) is 37.3 Å². The van der Waals surface area contributed by atoms with Crippen molar-refractivity contribution in [3.05, 3.63) is 82.8 Å². The Morgan fingerprint density at radius 3 is 2.23 bits per heavy atom. The van der Waals surface area contributed by atoms with Crippen LogP contribution in [0.2, 0.25) is 0 Å². The minimum absolute atomic E-state index is 0.0285. The first-order valence-corrected chi connectivity index (χ1v) is 16.9. The topological polar surface area (TPSA) is 179 Å². The van der Waals surface area contributed by atoms with Crippen LogP contribution < -0.4 is 16.4 Å². The fraction of sp³-hybridized carbons (Fsp3) is 0.324. The quantitative estimate of drug-likeness (QED) is 0.120. The summed E-state index contributed by atoms with van der Waals surface area (Å²) < 4.78 is 41.2. The summed E-state index contributed by atoms with van der Waals surface area (Å²) in [6, 6.07) is 11.7. The number of carbonyl (C=O) groups is 4. The molecule has 0 aliphatic carbocycles. The van der Waals surface area contributed by atoms with Gasteiger partial charge >= 0.3 is 18.0 Å². The lowest BCUT2D eigenvalue weighted by molar-refractivity contribution is -0.141. The Bertz CT molecular complexity index is 1810. The van der Waals surface area contributed by atoms with Crippen molar-refractivity contribution in [2.75, 3.05) is 42.1 Å². The lowest BCUT2D eigenvalue weighted by Crippen LogP contribution is -2.20. The summed E-state index contributed by atoms with van der Waals surface area (Å²) in [5.41, 5.74) is 8.00. The average Bonchev–Trinajstić information content (AvgIpc) is 3.06. The Labute approximate surface area is 279 Å². The molecule has 3 rings (SSSR count). The first kappa shape index (κ1) is 37.2. The molecule has 0 unspecified atom stereocenters. The van der Waals surface area contributed by atoms with E-state index in [4.69, 9.17) is 5.73 Å². The number of aromatic nitrogens is 1. The highest BCUT2D eigenvalue weighted by Crippen LogP contribution is 2.18. The van der Waals surface area contributed by atoms with Crippen LogP contribution in [0.3, 0.4) is 0 Å². The van der Waals surface area contributed by atoms with E-state index >= 15 is 0 Å². The van der Waals surface area contributed by atoms with E-state index in [9.17, 15) is 27.8 Å². The van der Waals surface area contributed by atoms with E-state index < -0.39 is 39.4 Å². The monoisotopic (exact) mass is 679 g/mol. The molecule has 0 saturated heterocycles. The Morgan fingerprint density at radius 1 is 0.917 bits per heavy atom. The number of urea groups is 1. The van der Waals surface area contributed by atoms with Crippen LogP contribution in [0.15, 0.2) is 59.1 Å². The van der Waals surface area contributed by atoms with Crippen molar-refractivity contribution in [3.8, 4) is 11.8 Å². The van der Waals surface area contributed by atoms with Gasteiger partial charge in [0, 0.05) is 41.8 Å². The zero-order valence-electron chi connectivity index (χ0n) is 27.0. The predicted molar refractivity (Wildman–Crippen MR) is 181 cm³/mol. The number of hydrogen-bond acceptors (Lipinski definition) is 9. The number of methoxy groups -OCH3 is 2. The number of amides is 3. The zero-order valence-corrected chi connectivity index (χ0v) is 27.8. The van der Waals surface area contributed by atoms with Gasteiger partial charge in [0.2, 0.25) is 0 Å². The molecule has 3 amide bonds. The third-order valence-electron chi connectivity index (χ3n) is 6.89. The first-order valence-electron chi connectivity index (χ1n) is 15.0. The van der Waals surface area contributed by atoms with Crippen molar-refractivity contribution in [2.45, 2.75) is 45.4 Å². The molecule has 48 heavy (non-hydrogen) atoms. The van der Waals surface area contributed by atoms with Crippen LogP contribution in [0.4, 0.5) is 26.4 Å². The van der Waals surface area contributed by atoms with Gasteiger partial charge in [-0.15, -0.1) is 0 Å². The van der Waals surface area contributed by atoms with Gasteiger partial charge in [0.05, 0.1) is 40.8 Å². The van der Waals surface area contributed by atoms with Gasteiger partial charge in [-0.3, -0.25) is 14.4 Å². The summed E-state index contributed by atoms with van der Waals surface area (Å²) in [7, 11) is -0.478. The molecule has 12 nitrogen and oxygen atoms in total. The highest BCUT2D eigenvalue weighted by molar-refractivity contribution is 7.93. The summed E-state index contributed by atoms with van der Waals surface area (Å²) in [5, 5.41) is 5.11. The summed E-state index contributed by atoms with van der Waals surface area (Å²) in [5.74, 6) is 3.88. The molecule has 1 heterocycles. The highest BCUT2D eigenvalue weighted by Gasteiger charge is 2.16. The van der Waals surface area contributed by atoms with Crippen molar-refractivity contribution < 1.29 is 37.3 Å². The number of halogens is 1. The molecule has 0 radical (unpaired) electrons. The minimum Gasteiger partial charge on any atom is -0.469 e. The third kappa shape index (κ3) is 12.1. The van der Waals surface area contributed by atoms with Gasteiger partial charge in [0.25, 0.3) is 5.91 Å². The second kappa shape index (κ2) is 18.2. The van der Waals surface area contributed by atoms with E-state index in [1.807, 2.05) is 0 Å². The maximum Gasteiger partial charge on any atom is 0.323 e. The molecule has 2 aromatic carbocycles. The van der Waals surface area contributed by atoms with Crippen LogP contribution >= 0.6 is 0 Å². The summed E-state index contributed by atoms with van der Waals surface area (Å²) in [6.07, 6.45) is 3.07. The molecule has 4 N–H and O–H groups in total. The highest BCUT2D eigenvalue weighted by atomic mass is 32.2. The van der Waals surface area contributed by atoms with E-state index in [-0.39, 0.29) is 47.0 Å². The largest absolute Gasteiger partial charge is 0.469 e. The van der Waals surface area contributed by atoms with Gasteiger partial charge in [-0.25, -0.2) is 18.4 Å². The SMILES string of the molecule is COC(=O)CCCCS(=O)(CCCCC(=O)OC)=NC(=O)c1cnc(N)c(C#Cc2cccc(NC(=O)Nc3cc(C)ccc3F)c2)c1. The maximum atomic E-state index is 14.0. The molecular weight excluding hydrogens is 641 g/mol. The molecule has 14 heteroatoms. The van der Waals surface area contributed by atoms with Crippen molar-refractivity contribution >= 4 is 50.8 Å². The van der Waals surface area contributed by atoms with Crippen LogP contribution in [0.1, 0.15) is 65.6 Å². The lowest BCUT2D eigenvalue weighted by atomic mass is 10.1. The number of anilines is 3. The molecule has 3 aromatic rings. The fourth-order valence-electron chi connectivity index (χ4n) is 4.32. The van der Waals surface area contributed by atoms with Crippen LogP contribution in [0.5, 0.6) is 0 Å². The number of aryl methyl sites for hydroxylation is 1. The predicted octanol–water partition coefficient (Wildman–Crippen LogP) is 5.45. The number of carbonyl (C=O) groups excluding carboxylic acids is 4. The van der Waals surface area contributed by atoms with Gasteiger partial charge in [0.1, 0.15) is 11.6 Å². The number of nitrogens with one attached hydrogen (secondary N) is 2. The zero-order chi connectivity index (χ0) is 35.1. The van der Waals surface area contributed by atoms with Crippen LogP contribution in [0.25, 0.3) is 0 Å². The summed E-state index contributed by atoms with van der Waals surface area (Å²) in [4.78, 5) is 52.7. The smallest absolute Gasteiger partial charge is 0.323 e. The second-order valence-corrected chi connectivity index (χ2v) is 13.2. The number of rotatable bonds is 13. The minimum atomic E-state index is -3.05. The molecule has 0 aliphatic rings. The third-order valence-corrected chi connectivity index (χ3v) is 9.24. The molecule has 0 bridgehead atoms.